The molecule has 0 N–H and O–H groups in total. The fraction of sp³-hybridized carbons (Fsp3) is 0.154. The van der Waals surface area contributed by atoms with E-state index in [-0.39, 0.29) is 12.2 Å². The van der Waals surface area contributed by atoms with E-state index in [1.807, 2.05) is 18.2 Å². The Bertz CT molecular complexity index is 512. The first-order chi connectivity index (χ1) is 8.29. The SMILES string of the molecule is COc1ccnc(CC(=O)c2ccccc2)n1. The lowest BCUT2D eigenvalue weighted by molar-refractivity contribution is 0.0990. The molecule has 2 aromatic rings. The summed E-state index contributed by atoms with van der Waals surface area (Å²) in [5, 5.41) is 0. The van der Waals surface area contributed by atoms with E-state index < -0.39 is 0 Å². The molecule has 0 saturated heterocycles. The molecule has 0 aliphatic carbocycles. The molecule has 0 aliphatic rings. The molecule has 86 valence electrons. The quantitative estimate of drug-likeness (QED) is 0.750. The van der Waals surface area contributed by atoms with Gasteiger partial charge < -0.3 is 4.74 Å². The summed E-state index contributed by atoms with van der Waals surface area (Å²) < 4.78 is 4.98. The highest BCUT2D eigenvalue weighted by molar-refractivity contribution is 5.97. The van der Waals surface area contributed by atoms with Crippen LogP contribution in [0.25, 0.3) is 0 Å². The molecule has 0 spiro atoms. The minimum Gasteiger partial charge on any atom is -0.481 e. The van der Waals surface area contributed by atoms with Gasteiger partial charge in [0, 0.05) is 17.8 Å². The molecule has 0 fully saturated rings. The van der Waals surface area contributed by atoms with Crippen molar-refractivity contribution in [1.82, 2.24) is 9.97 Å². The van der Waals surface area contributed by atoms with Gasteiger partial charge in [0.15, 0.2) is 5.78 Å². The zero-order valence-electron chi connectivity index (χ0n) is 9.46. The van der Waals surface area contributed by atoms with E-state index in [1.165, 1.54) is 7.11 Å². The number of carbonyl (C=O) groups is 1. The van der Waals surface area contributed by atoms with Crippen LogP contribution in [0.1, 0.15) is 16.2 Å². The van der Waals surface area contributed by atoms with E-state index in [1.54, 1.807) is 24.4 Å². The van der Waals surface area contributed by atoms with Crippen molar-refractivity contribution >= 4 is 5.78 Å². The molecule has 2 rings (SSSR count). The van der Waals surface area contributed by atoms with Crippen LogP contribution >= 0.6 is 0 Å². The van der Waals surface area contributed by atoms with Gasteiger partial charge in [0.2, 0.25) is 5.88 Å². The first kappa shape index (κ1) is 11.3. The molecule has 4 heteroatoms. The van der Waals surface area contributed by atoms with E-state index in [2.05, 4.69) is 9.97 Å². The number of hydrogen-bond acceptors (Lipinski definition) is 4. The second-order valence-electron chi connectivity index (χ2n) is 3.48. The number of rotatable bonds is 4. The Morgan fingerprint density at radius 1 is 1.24 bits per heavy atom. The zero-order valence-corrected chi connectivity index (χ0v) is 9.46. The number of ketones is 1. The van der Waals surface area contributed by atoms with Crippen molar-refractivity contribution in [2.24, 2.45) is 0 Å². The van der Waals surface area contributed by atoms with Gasteiger partial charge in [0.25, 0.3) is 0 Å². The summed E-state index contributed by atoms with van der Waals surface area (Å²) in [6.45, 7) is 0. The van der Waals surface area contributed by atoms with Crippen molar-refractivity contribution in [1.29, 1.82) is 0 Å². The average Bonchev–Trinajstić information content (AvgIpc) is 2.40. The van der Waals surface area contributed by atoms with Crippen LogP contribution < -0.4 is 4.74 Å². The Hall–Kier alpha value is -2.23. The Morgan fingerprint density at radius 3 is 2.71 bits per heavy atom. The van der Waals surface area contributed by atoms with Gasteiger partial charge in [-0.25, -0.2) is 4.98 Å². The number of benzene rings is 1. The second kappa shape index (κ2) is 5.21. The topological polar surface area (TPSA) is 52.1 Å². The van der Waals surface area contributed by atoms with Crippen molar-refractivity contribution < 1.29 is 9.53 Å². The van der Waals surface area contributed by atoms with E-state index in [4.69, 9.17) is 4.74 Å². The van der Waals surface area contributed by atoms with Crippen LogP contribution in [-0.4, -0.2) is 22.9 Å². The third-order valence-electron chi connectivity index (χ3n) is 2.30. The lowest BCUT2D eigenvalue weighted by atomic mass is 10.1. The number of nitrogens with zero attached hydrogens (tertiary/aromatic N) is 2. The fourth-order valence-corrected chi connectivity index (χ4v) is 1.45. The van der Waals surface area contributed by atoms with Crippen molar-refractivity contribution in [2.45, 2.75) is 6.42 Å². The number of methoxy groups -OCH3 is 1. The first-order valence-corrected chi connectivity index (χ1v) is 5.24. The van der Waals surface area contributed by atoms with Crippen LogP contribution in [-0.2, 0) is 6.42 Å². The summed E-state index contributed by atoms with van der Waals surface area (Å²) in [5.41, 5.74) is 0.666. The number of Topliss-reactive ketones (excluding diaryl/α,β-unsaturated/α-hetero) is 1. The fourth-order valence-electron chi connectivity index (χ4n) is 1.45. The number of carbonyl (C=O) groups excluding carboxylic acids is 1. The summed E-state index contributed by atoms with van der Waals surface area (Å²) in [6.07, 6.45) is 1.76. The van der Waals surface area contributed by atoms with Gasteiger partial charge in [-0.3, -0.25) is 4.79 Å². The predicted molar refractivity (Wildman–Crippen MR) is 63.1 cm³/mol. The third-order valence-corrected chi connectivity index (χ3v) is 2.30. The lowest BCUT2D eigenvalue weighted by Crippen LogP contribution is -2.07. The third kappa shape index (κ3) is 2.87. The zero-order chi connectivity index (χ0) is 12.1. The highest BCUT2D eigenvalue weighted by atomic mass is 16.5. The van der Waals surface area contributed by atoms with Crippen LogP contribution in [0.5, 0.6) is 5.88 Å². The van der Waals surface area contributed by atoms with Crippen molar-refractivity contribution in [3.63, 3.8) is 0 Å². The van der Waals surface area contributed by atoms with Crippen molar-refractivity contribution in [2.75, 3.05) is 7.11 Å². The van der Waals surface area contributed by atoms with Crippen LogP contribution in [0, 0.1) is 0 Å². The Kier molecular flexibility index (Phi) is 3.45. The molecular weight excluding hydrogens is 216 g/mol. The van der Waals surface area contributed by atoms with Gasteiger partial charge in [0.05, 0.1) is 13.5 Å². The molecule has 0 amide bonds. The monoisotopic (exact) mass is 228 g/mol. The van der Waals surface area contributed by atoms with E-state index in [0.29, 0.717) is 17.3 Å². The van der Waals surface area contributed by atoms with Crippen LogP contribution in [0.4, 0.5) is 0 Å². The minimum absolute atomic E-state index is 0.00106. The van der Waals surface area contributed by atoms with Gasteiger partial charge >= 0.3 is 0 Å². The maximum absolute atomic E-state index is 11.9. The van der Waals surface area contributed by atoms with Crippen molar-refractivity contribution in [3.05, 3.63) is 54.0 Å². The van der Waals surface area contributed by atoms with Gasteiger partial charge in [-0.15, -0.1) is 0 Å². The molecule has 1 aromatic heterocycles. The summed E-state index contributed by atoms with van der Waals surface area (Å²) in [5.74, 6) is 0.938. The molecule has 17 heavy (non-hydrogen) atoms. The Morgan fingerprint density at radius 2 is 2.00 bits per heavy atom. The van der Waals surface area contributed by atoms with Gasteiger partial charge in [-0.05, 0) is 0 Å². The van der Waals surface area contributed by atoms with Gasteiger partial charge in [-0.2, -0.15) is 4.98 Å². The smallest absolute Gasteiger partial charge is 0.216 e. The summed E-state index contributed by atoms with van der Waals surface area (Å²) in [6, 6.07) is 10.7. The second-order valence-corrected chi connectivity index (χ2v) is 3.48. The predicted octanol–water partition coefficient (Wildman–Crippen LogP) is 1.91. The molecule has 1 aromatic carbocycles. The number of ether oxygens (including phenoxy) is 1. The summed E-state index contributed by atoms with van der Waals surface area (Å²) in [4.78, 5) is 20.0. The van der Waals surface area contributed by atoms with Gasteiger partial charge in [0.1, 0.15) is 5.82 Å². The van der Waals surface area contributed by atoms with Crippen LogP contribution in [0.2, 0.25) is 0 Å². The van der Waals surface area contributed by atoms with E-state index in [9.17, 15) is 4.79 Å². The maximum atomic E-state index is 11.9. The number of aromatic nitrogens is 2. The highest BCUT2D eigenvalue weighted by Gasteiger charge is 2.08. The normalized spacial score (nSPS) is 9.94. The largest absolute Gasteiger partial charge is 0.481 e. The summed E-state index contributed by atoms with van der Waals surface area (Å²) >= 11 is 0. The summed E-state index contributed by atoms with van der Waals surface area (Å²) in [7, 11) is 1.53. The Balaban J connectivity index is 2.13. The molecule has 4 nitrogen and oxygen atoms in total. The molecular formula is C13H12N2O2. The van der Waals surface area contributed by atoms with Crippen molar-refractivity contribution in [3.8, 4) is 5.88 Å². The van der Waals surface area contributed by atoms with Crippen LogP contribution in [0.3, 0.4) is 0 Å². The Labute approximate surface area is 99.3 Å². The first-order valence-electron chi connectivity index (χ1n) is 5.24. The molecule has 0 unspecified atom stereocenters. The molecule has 0 aliphatic heterocycles. The van der Waals surface area contributed by atoms with Crippen LogP contribution in [0.15, 0.2) is 42.6 Å². The molecule has 0 saturated carbocycles. The molecule has 0 radical (unpaired) electrons. The molecule has 1 heterocycles. The maximum Gasteiger partial charge on any atom is 0.216 e. The van der Waals surface area contributed by atoms with E-state index >= 15 is 0 Å². The average molecular weight is 228 g/mol. The minimum atomic E-state index is -0.00106. The number of hydrogen-bond donors (Lipinski definition) is 0. The highest BCUT2D eigenvalue weighted by Crippen LogP contribution is 2.07. The molecule has 0 atom stereocenters. The standard InChI is InChI=1S/C13H12N2O2/c1-17-13-7-8-14-12(15-13)9-11(16)10-5-3-2-4-6-10/h2-8H,9H2,1H3. The lowest BCUT2D eigenvalue weighted by Gasteiger charge is -2.02. The molecule has 0 bridgehead atoms. The van der Waals surface area contributed by atoms with E-state index in [0.717, 1.165) is 0 Å². The van der Waals surface area contributed by atoms with Gasteiger partial charge in [-0.1, -0.05) is 30.3 Å².